The van der Waals surface area contributed by atoms with E-state index in [9.17, 15) is 40.5 Å². The van der Waals surface area contributed by atoms with Gasteiger partial charge in [0.1, 0.15) is 54.9 Å². The Morgan fingerprint density at radius 2 is 0.851 bits per heavy atom. The fourth-order valence-corrected chi connectivity index (χ4v) is 8.96. The highest BCUT2D eigenvalue weighted by molar-refractivity contribution is 5.69. The van der Waals surface area contributed by atoms with E-state index in [1.807, 2.05) is 0 Å². The second-order valence-electron chi connectivity index (χ2n) is 20.5. The van der Waals surface area contributed by atoms with E-state index in [1.165, 1.54) is 109 Å². The van der Waals surface area contributed by atoms with Crippen LogP contribution < -0.4 is 0 Å². The van der Waals surface area contributed by atoms with Gasteiger partial charge < -0.3 is 64.2 Å². The summed E-state index contributed by atoms with van der Waals surface area (Å²) in [7, 11) is 0. The average Bonchev–Trinajstić information content (AvgIpc) is 3.40. The van der Waals surface area contributed by atoms with Crippen LogP contribution in [0.2, 0.25) is 0 Å². The Kier molecular flexibility index (Phi) is 42.8. The number of unbranched alkanes of at least 4 members (excludes halogenated alkanes) is 23. The topological polar surface area (TPSA) is 214 Å². The van der Waals surface area contributed by atoms with Gasteiger partial charge in [0.2, 0.25) is 0 Å². The average molecular weight is 1050 g/mol. The highest BCUT2D eigenvalue weighted by Gasteiger charge is 2.47. The molecule has 0 saturated carbocycles. The summed E-state index contributed by atoms with van der Waals surface area (Å²) in [6.07, 6.45) is 41.4. The molecule has 0 radical (unpaired) electrons. The van der Waals surface area contributed by atoms with Gasteiger partial charge in [0.25, 0.3) is 0 Å². The number of hydrogen-bond acceptors (Lipinski definition) is 14. The lowest BCUT2D eigenvalue weighted by Crippen LogP contribution is -2.61. The van der Waals surface area contributed by atoms with Gasteiger partial charge in [-0.1, -0.05) is 190 Å². The third kappa shape index (κ3) is 33.1. The van der Waals surface area contributed by atoms with E-state index in [4.69, 9.17) is 28.4 Å². The third-order valence-corrected chi connectivity index (χ3v) is 13.7. The summed E-state index contributed by atoms with van der Waals surface area (Å²) in [5.74, 6) is -0.392. The van der Waals surface area contributed by atoms with Crippen LogP contribution in [0.5, 0.6) is 0 Å². The van der Waals surface area contributed by atoms with Crippen LogP contribution in [0.15, 0.2) is 60.8 Å². The predicted octanol–water partition coefficient (Wildman–Crippen LogP) is 10.5. The summed E-state index contributed by atoms with van der Waals surface area (Å²) < 4.78 is 34.4. The third-order valence-electron chi connectivity index (χ3n) is 13.7. The molecular formula is C60H106O14. The Labute approximate surface area is 447 Å². The molecule has 2 fully saturated rings. The van der Waals surface area contributed by atoms with Crippen LogP contribution in [0.3, 0.4) is 0 Å². The van der Waals surface area contributed by atoms with Gasteiger partial charge >= 0.3 is 5.97 Å². The number of carbonyl (C=O) groups excluding carboxylic acids is 1. The van der Waals surface area contributed by atoms with Crippen molar-refractivity contribution in [1.29, 1.82) is 0 Å². The highest BCUT2D eigenvalue weighted by Crippen LogP contribution is 2.26. The minimum atomic E-state index is -1.71. The van der Waals surface area contributed by atoms with Crippen molar-refractivity contribution in [3.05, 3.63) is 60.8 Å². The molecule has 7 N–H and O–H groups in total. The first-order valence-corrected chi connectivity index (χ1v) is 29.4. The Morgan fingerprint density at radius 3 is 1.35 bits per heavy atom. The summed E-state index contributed by atoms with van der Waals surface area (Å²) >= 11 is 0. The lowest BCUT2D eigenvalue weighted by Gasteiger charge is -2.42. The number of carbonyl (C=O) groups is 1. The molecule has 14 nitrogen and oxygen atoms in total. The second kappa shape index (κ2) is 46.8. The first kappa shape index (κ1) is 67.8. The SMILES string of the molecule is CCCC/C=C\C/C=C\CCCCCCCC(=O)OC(COCCCCCCCCCCCCC/C=C\C/C=C\C/C=C\CCCCCCC)COC1OC(COC2OC(CO)C(O)C(O)C2O)C(O)C(O)C1O. The lowest BCUT2D eigenvalue weighted by atomic mass is 9.98. The molecule has 2 aliphatic heterocycles. The maximum atomic E-state index is 13.0. The largest absolute Gasteiger partial charge is 0.457 e. The molecule has 2 saturated heterocycles. The molecule has 430 valence electrons. The van der Waals surface area contributed by atoms with Gasteiger partial charge in [-0.3, -0.25) is 4.79 Å². The van der Waals surface area contributed by atoms with Gasteiger partial charge in [-0.2, -0.15) is 0 Å². The molecular weight excluding hydrogens is 945 g/mol. The Bertz CT molecular complexity index is 1450. The standard InChI is InChI=1S/C60H106O14/c1-3-5-7-9-11-13-15-17-19-20-21-22-23-24-25-26-27-28-29-30-32-34-36-38-40-42-44-69-46-49(72-52(62)43-41-39-37-35-33-31-18-16-14-12-10-8-6-4-2)47-70-59-58(68)56(66)54(64)51(74-59)48-71-60-57(67)55(65)53(63)50(45-61)73-60/h10,12,15-18,20-21,23-24,49-51,53-61,63-68H,3-9,11,13-14,19,22,25-48H2,1-2H3/b12-10-,17-15-,18-16-,21-20-,24-23-. The minimum Gasteiger partial charge on any atom is -0.457 e. The van der Waals surface area contributed by atoms with Crippen LogP contribution in [0.1, 0.15) is 213 Å². The van der Waals surface area contributed by atoms with Gasteiger partial charge in [-0.15, -0.1) is 0 Å². The summed E-state index contributed by atoms with van der Waals surface area (Å²) in [4.78, 5) is 13.0. The van der Waals surface area contributed by atoms with Gasteiger partial charge in [-0.05, 0) is 77.0 Å². The smallest absolute Gasteiger partial charge is 0.306 e. The highest BCUT2D eigenvalue weighted by atomic mass is 16.7. The quantitative estimate of drug-likeness (QED) is 0.0172. The van der Waals surface area contributed by atoms with E-state index < -0.39 is 86.7 Å². The van der Waals surface area contributed by atoms with E-state index in [1.54, 1.807) is 0 Å². The number of rotatable bonds is 47. The number of esters is 1. The molecule has 2 heterocycles. The number of allylic oxidation sites excluding steroid dienone is 10. The number of ether oxygens (including phenoxy) is 6. The molecule has 0 bridgehead atoms. The fourth-order valence-electron chi connectivity index (χ4n) is 8.96. The van der Waals surface area contributed by atoms with Crippen molar-refractivity contribution in [2.75, 3.05) is 33.0 Å². The van der Waals surface area contributed by atoms with Crippen molar-refractivity contribution < 1.29 is 69.0 Å². The first-order valence-electron chi connectivity index (χ1n) is 29.4. The second-order valence-corrected chi connectivity index (χ2v) is 20.5. The van der Waals surface area contributed by atoms with Crippen LogP contribution in [-0.2, 0) is 33.2 Å². The van der Waals surface area contributed by atoms with Gasteiger partial charge in [0.15, 0.2) is 12.6 Å². The molecule has 2 aliphatic rings. The first-order chi connectivity index (χ1) is 36.1. The van der Waals surface area contributed by atoms with Gasteiger partial charge in [-0.25, -0.2) is 0 Å². The van der Waals surface area contributed by atoms with Crippen LogP contribution in [0, 0.1) is 0 Å². The van der Waals surface area contributed by atoms with Crippen LogP contribution >= 0.6 is 0 Å². The van der Waals surface area contributed by atoms with E-state index in [2.05, 4.69) is 74.6 Å². The zero-order valence-corrected chi connectivity index (χ0v) is 46.1. The summed E-state index contributed by atoms with van der Waals surface area (Å²) in [5, 5.41) is 72.3. The monoisotopic (exact) mass is 1050 g/mol. The van der Waals surface area contributed by atoms with Crippen molar-refractivity contribution in [2.24, 2.45) is 0 Å². The molecule has 0 aromatic carbocycles. The van der Waals surface area contributed by atoms with Crippen molar-refractivity contribution >= 4 is 5.97 Å². The Morgan fingerprint density at radius 1 is 0.446 bits per heavy atom. The zero-order valence-electron chi connectivity index (χ0n) is 46.1. The lowest BCUT2D eigenvalue weighted by molar-refractivity contribution is -0.332. The van der Waals surface area contributed by atoms with E-state index in [0.717, 1.165) is 77.0 Å². The molecule has 0 aliphatic carbocycles. The molecule has 11 unspecified atom stereocenters. The number of hydrogen-bond donors (Lipinski definition) is 7. The predicted molar refractivity (Wildman–Crippen MR) is 293 cm³/mol. The van der Waals surface area contributed by atoms with Crippen LogP contribution in [-0.4, -0.2) is 142 Å². The maximum Gasteiger partial charge on any atom is 0.306 e. The van der Waals surface area contributed by atoms with Crippen LogP contribution in [0.4, 0.5) is 0 Å². The molecule has 2 rings (SSSR count). The molecule has 0 amide bonds. The summed E-state index contributed by atoms with van der Waals surface area (Å²) in [6.45, 7) is 3.62. The zero-order chi connectivity index (χ0) is 53.7. The molecule has 0 aromatic rings. The molecule has 0 spiro atoms. The number of aliphatic hydroxyl groups is 7. The molecule has 14 heteroatoms. The van der Waals surface area contributed by atoms with E-state index in [0.29, 0.717) is 13.0 Å². The fraction of sp³-hybridized carbons (Fsp3) is 0.817. The maximum absolute atomic E-state index is 13.0. The Hall–Kier alpha value is -2.31. The van der Waals surface area contributed by atoms with E-state index in [-0.39, 0.29) is 19.6 Å². The van der Waals surface area contributed by atoms with Crippen molar-refractivity contribution in [1.82, 2.24) is 0 Å². The van der Waals surface area contributed by atoms with Crippen molar-refractivity contribution in [3.63, 3.8) is 0 Å². The molecule has 74 heavy (non-hydrogen) atoms. The molecule has 0 aromatic heterocycles. The number of aliphatic hydroxyl groups excluding tert-OH is 7. The summed E-state index contributed by atoms with van der Waals surface area (Å²) in [5.41, 5.74) is 0. The molecule has 11 atom stereocenters. The van der Waals surface area contributed by atoms with E-state index >= 15 is 0 Å². The van der Waals surface area contributed by atoms with Crippen molar-refractivity contribution in [2.45, 2.75) is 280 Å². The Balaban J connectivity index is 1.68. The van der Waals surface area contributed by atoms with Gasteiger partial charge in [0, 0.05) is 13.0 Å². The summed E-state index contributed by atoms with van der Waals surface area (Å²) in [6, 6.07) is 0. The minimum absolute atomic E-state index is 0.0521. The van der Waals surface area contributed by atoms with Crippen molar-refractivity contribution in [3.8, 4) is 0 Å². The normalized spacial score (nSPS) is 25.2. The van der Waals surface area contributed by atoms with Crippen LogP contribution in [0.25, 0.3) is 0 Å². The van der Waals surface area contributed by atoms with Gasteiger partial charge in [0.05, 0.1) is 26.4 Å².